The van der Waals surface area contributed by atoms with Gasteiger partial charge in [-0.25, -0.2) is 15.0 Å². The van der Waals surface area contributed by atoms with E-state index in [0.29, 0.717) is 17.7 Å². The van der Waals surface area contributed by atoms with Crippen LogP contribution in [0, 0.1) is 20.8 Å². The summed E-state index contributed by atoms with van der Waals surface area (Å²) in [5, 5.41) is 0. The lowest BCUT2D eigenvalue weighted by Crippen LogP contribution is -2.31. The molecule has 0 aliphatic rings. The molecule has 0 amide bonds. The highest BCUT2D eigenvalue weighted by atomic mass is 16.4. The number of aryl methyl sites for hydroxylation is 3. The number of benzene rings is 3. The molecule has 0 atom stereocenters. The summed E-state index contributed by atoms with van der Waals surface area (Å²) >= 11 is 0. The number of nitrogens with zero attached hydrogens (tertiary/aromatic N) is 4. The Labute approximate surface area is 252 Å². The Bertz CT molecular complexity index is 1550. The molecular weight excluding hydrogens is 536 g/mol. The molecule has 0 unspecified atom stereocenters. The van der Waals surface area contributed by atoms with Crippen LogP contribution >= 0.6 is 0 Å². The van der Waals surface area contributed by atoms with Crippen LogP contribution in [0.5, 0.6) is 0 Å². The van der Waals surface area contributed by atoms with Crippen molar-refractivity contribution in [3.05, 3.63) is 125 Å². The lowest BCUT2D eigenvalue weighted by atomic mass is 10.2. The van der Waals surface area contributed by atoms with Gasteiger partial charge in [-0.1, -0.05) is 54.6 Å². The molecule has 0 bridgehead atoms. The standard InChI is InChI=1S/C36H36N4O3/c1-25-31(37-34(41-25)28-13-7-4-8-14-28)19-22-40(23-20-32-26(2)42-35(38-32)29-15-9-5-10-16-29)24-21-33-27(3)43-36(39-33)30-17-11-6-12-18-30/h4-18H,19-24H2,1-3H3. The van der Waals surface area contributed by atoms with Crippen LogP contribution in [0.25, 0.3) is 34.4 Å². The van der Waals surface area contributed by atoms with Crippen molar-refractivity contribution in [2.45, 2.75) is 40.0 Å². The van der Waals surface area contributed by atoms with Gasteiger partial charge < -0.3 is 18.2 Å². The Morgan fingerprint density at radius 1 is 0.442 bits per heavy atom. The fraction of sp³-hybridized carbons (Fsp3) is 0.250. The summed E-state index contributed by atoms with van der Waals surface area (Å²) in [5.74, 6) is 4.57. The average molecular weight is 573 g/mol. The maximum atomic E-state index is 6.04. The molecule has 0 N–H and O–H groups in total. The number of oxazole rings is 3. The van der Waals surface area contributed by atoms with Gasteiger partial charge in [0.15, 0.2) is 0 Å². The second kappa shape index (κ2) is 13.0. The molecule has 43 heavy (non-hydrogen) atoms. The fourth-order valence-corrected chi connectivity index (χ4v) is 5.22. The Balaban J connectivity index is 1.17. The van der Waals surface area contributed by atoms with E-state index in [1.807, 2.05) is 112 Å². The molecule has 0 aliphatic heterocycles. The maximum Gasteiger partial charge on any atom is 0.226 e. The van der Waals surface area contributed by atoms with Crippen LogP contribution in [0.1, 0.15) is 34.4 Å². The molecule has 0 radical (unpaired) electrons. The minimum Gasteiger partial charge on any atom is -0.441 e. The van der Waals surface area contributed by atoms with Crippen molar-refractivity contribution in [2.24, 2.45) is 0 Å². The van der Waals surface area contributed by atoms with Crippen LogP contribution in [-0.2, 0) is 19.3 Å². The van der Waals surface area contributed by atoms with Crippen LogP contribution in [0.4, 0.5) is 0 Å². The number of hydrogen-bond donors (Lipinski definition) is 0. The smallest absolute Gasteiger partial charge is 0.226 e. The Hall–Kier alpha value is -4.75. The maximum absolute atomic E-state index is 6.04. The first kappa shape index (κ1) is 28.4. The third-order valence-electron chi connectivity index (χ3n) is 7.73. The molecule has 6 aromatic rings. The van der Waals surface area contributed by atoms with Crippen molar-refractivity contribution < 1.29 is 13.3 Å². The summed E-state index contributed by atoms with van der Waals surface area (Å²) in [5.41, 5.74) is 5.91. The highest BCUT2D eigenvalue weighted by Crippen LogP contribution is 2.25. The van der Waals surface area contributed by atoms with Crippen LogP contribution in [0.3, 0.4) is 0 Å². The lowest BCUT2D eigenvalue weighted by Gasteiger charge is -2.21. The molecule has 3 aromatic heterocycles. The second-order valence-electron chi connectivity index (χ2n) is 10.8. The van der Waals surface area contributed by atoms with E-state index in [2.05, 4.69) is 4.90 Å². The van der Waals surface area contributed by atoms with Gasteiger partial charge in [-0.3, -0.25) is 0 Å². The zero-order valence-corrected chi connectivity index (χ0v) is 24.9. The third-order valence-corrected chi connectivity index (χ3v) is 7.73. The first-order valence-corrected chi connectivity index (χ1v) is 14.8. The van der Waals surface area contributed by atoms with E-state index in [0.717, 1.165) is 89.9 Å². The van der Waals surface area contributed by atoms with Gasteiger partial charge in [0.25, 0.3) is 0 Å². The van der Waals surface area contributed by atoms with E-state index in [1.165, 1.54) is 0 Å². The summed E-state index contributed by atoms with van der Waals surface area (Å²) in [7, 11) is 0. The van der Waals surface area contributed by atoms with E-state index in [9.17, 15) is 0 Å². The third kappa shape index (κ3) is 6.84. The molecule has 7 nitrogen and oxygen atoms in total. The van der Waals surface area contributed by atoms with E-state index in [-0.39, 0.29) is 0 Å². The van der Waals surface area contributed by atoms with Crippen molar-refractivity contribution in [3.63, 3.8) is 0 Å². The summed E-state index contributed by atoms with van der Waals surface area (Å²) in [4.78, 5) is 17.0. The first-order valence-electron chi connectivity index (χ1n) is 14.8. The average Bonchev–Trinajstić information content (AvgIpc) is 3.74. The fourth-order valence-electron chi connectivity index (χ4n) is 5.22. The molecule has 0 spiro atoms. The van der Waals surface area contributed by atoms with Gasteiger partial charge in [0, 0.05) is 55.6 Å². The number of rotatable bonds is 12. The molecule has 0 saturated heterocycles. The van der Waals surface area contributed by atoms with Crippen molar-refractivity contribution >= 4 is 0 Å². The zero-order valence-electron chi connectivity index (χ0n) is 24.9. The SMILES string of the molecule is Cc1oc(-c2ccccc2)nc1CCN(CCc1nc(-c2ccccc2)oc1C)CCc1nc(-c2ccccc2)oc1C. The highest BCUT2D eigenvalue weighted by Gasteiger charge is 2.18. The van der Waals surface area contributed by atoms with Gasteiger partial charge >= 0.3 is 0 Å². The Morgan fingerprint density at radius 2 is 0.721 bits per heavy atom. The molecule has 0 aliphatic carbocycles. The molecule has 0 saturated carbocycles. The summed E-state index contributed by atoms with van der Waals surface area (Å²) in [6, 6.07) is 30.1. The predicted octanol–water partition coefficient (Wildman–Crippen LogP) is 7.91. The number of aromatic nitrogens is 3. The lowest BCUT2D eigenvalue weighted by molar-refractivity contribution is 0.280. The molecule has 3 aromatic carbocycles. The molecule has 7 heteroatoms. The molecular formula is C36H36N4O3. The minimum atomic E-state index is 0.665. The van der Waals surface area contributed by atoms with Crippen LogP contribution in [0.15, 0.2) is 104 Å². The first-order chi connectivity index (χ1) is 21.0. The van der Waals surface area contributed by atoms with E-state index < -0.39 is 0 Å². The monoisotopic (exact) mass is 572 g/mol. The summed E-state index contributed by atoms with van der Waals surface area (Å²) in [6.07, 6.45) is 2.34. The Kier molecular flexibility index (Phi) is 8.61. The van der Waals surface area contributed by atoms with Gasteiger partial charge in [-0.15, -0.1) is 0 Å². The van der Waals surface area contributed by atoms with Gasteiger partial charge in [0.1, 0.15) is 17.3 Å². The van der Waals surface area contributed by atoms with E-state index >= 15 is 0 Å². The van der Waals surface area contributed by atoms with Gasteiger partial charge in [0.2, 0.25) is 17.7 Å². The molecule has 0 fully saturated rings. The zero-order chi connectivity index (χ0) is 29.6. The van der Waals surface area contributed by atoms with Gasteiger partial charge in [-0.2, -0.15) is 0 Å². The summed E-state index contributed by atoms with van der Waals surface area (Å²) in [6.45, 7) is 8.46. The topological polar surface area (TPSA) is 81.3 Å². The quantitative estimate of drug-likeness (QED) is 0.147. The van der Waals surface area contributed by atoms with Gasteiger partial charge in [0.05, 0.1) is 17.1 Å². The van der Waals surface area contributed by atoms with E-state index in [4.69, 9.17) is 28.2 Å². The number of hydrogen-bond acceptors (Lipinski definition) is 7. The molecule has 218 valence electrons. The van der Waals surface area contributed by atoms with Crippen molar-refractivity contribution in [3.8, 4) is 34.4 Å². The predicted molar refractivity (Wildman–Crippen MR) is 168 cm³/mol. The van der Waals surface area contributed by atoms with Crippen molar-refractivity contribution in [1.29, 1.82) is 0 Å². The molecule has 3 heterocycles. The van der Waals surface area contributed by atoms with E-state index in [1.54, 1.807) is 0 Å². The largest absolute Gasteiger partial charge is 0.441 e. The highest BCUT2D eigenvalue weighted by molar-refractivity contribution is 5.54. The van der Waals surface area contributed by atoms with Crippen molar-refractivity contribution in [2.75, 3.05) is 19.6 Å². The van der Waals surface area contributed by atoms with Crippen LogP contribution in [0.2, 0.25) is 0 Å². The molecule has 6 rings (SSSR count). The Morgan fingerprint density at radius 3 is 1.00 bits per heavy atom. The van der Waals surface area contributed by atoms with Crippen LogP contribution < -0.4 is 0 Å². The van der Waals surface area contributed by atoms with Gasteiger partial charge in [-0.05, 0) is 57.2 Å². The van der Waals surface area contributed by atoms with Crippen molar-refractivity contribution in [1.82, 2.24) is 19.9 Å². The second-order valence-corrected chi connectivity index (χ2v) is 10.8. The summed E-state index contributed by atoms with van der Waals surface area (Å²) < 4.78 is 18.1. The normalized spacial score (nSPS) is 11.4. The van der Waals surface area contributed by atoms with Crippen LogP contribution in [-0.4, -0.2) is 39.5 Å². The minimum absolute atomic E-state index is 0.665.